The molecule has 2 N–H and O–H groups in total. The maximum absolute atomic E-state index is 11.8. The van der Waals surface area contributed by atoms with Crippen LogP contribution in [-0.2, 0) is 4.79 Å². The van der Waals surface area contributed by atoms with Crippen LogP contribution in [0.25, 0.3) is 0 Å². The quantitative estimate of drug-likeness (QED) is 0.848. The molecule has 0 saturated heterocycles. The Morgan fingerprint density at radius 2 is 1.94 bits per heavy atom. The van der Waals surface area contributed by atoms with E-state index in [-0.39, 0.29) is 17.9 Å². The lowest BCUT2D eigenvalue weighted by atomic mass is 9.86. The molecule has 1 saturated carbocycles. The predicted octanol–water partition coefficient (Wildman–Crippen LogP) is 1.45. The zero-order valence-corrected chi connectivity index (χ0v) is 10.0. The van der Waals surface area contributed by atoms with Crippen LogP contribution in [0, 0.1) is 5.92 Å². The highest BCUT2D eigenvalue weighted by Gasteiger charge is 2.26. The van der Waals surface area contributed by atoms with Crippen molar-refractivity contribution in [2.24, 2.45) is 5.92 Å². The molecular formula is C13H16N2O3. The molecule has 1 aliphatic carbocycles. The van der Waals surface area contributed by atoms with Gasteiger partial charge in [0.1, 0.15) is 5.69 Å². The standard InChI is InChI=1S/C13H16N2O3/c16-12(11-3-1-2-8-14-11)15-10-6-4-9(5-7-10)13(17)18/h1-3,8-10H,4-7H2,(H,15,16)(H,17,18). The van der Waals surface area contributed by atoms with E-state index in [2.05, 4.69) is 10.3 Å². The Morgan fingerprint density at radius 1 is 1.22 bits per heavy atom. The first-order valence-electron chi connectivity index (χ1n) is 6.11. The number of aromatic nitrogens is 1. The van der Waals surface area contributed by atoms with E-state index >= 15 is 0 Å². The molecule has 1 aliphatic rings. The van der Waals surface area contributed by atoms with Crippen molar-refractivity contribution in [2.45, 2.75) is 31.7 Å². The molecule has 96 valence electrons. The Labute approximate surface area is 105 Å². The van der Waals surface area contributed by atoms with Gasteiger partial charge in [0.15, 0.2) is 0 Å². The molecule has 18 heavy (non-hydrogen) atoms. The number of hydrogen-bond acceptors (Lipinski definition) is 3. The third kappa shape index (κ3) is 3.06. The molecule has 1 aromatic heterocycles. The van der Waals surface area contributed by atoms with E-state index in [0.717, 1.165) is 12.8 Å². The Bertz CT molecular complexity index is 425. The fraction of sp³-hybridized carbons (Fsp3) is 0.462. The van der Waals surface area contributed by atoms with Gasteiger partial charge < -0.3 is 10.4 Å². The van der Waals surface area contributed by atoms with Gasteiger partial charge in [-0.05, 0) is 37.8 Å². The summed E-state index contributed by atoms with van der Waals surface area (Å²) >= 11 is 0. The van der Waals surface area contributed by atoms with Crippen molar-refractivity contribution in [2.75, 3.05) is 0 Å². The molecule has 1 aromatic rings. The number of pyridine rings is 1. The average molecular weight is 248 g/mol. The van der Waals surface area contributed by atoms with Crippen molar-refractivity contribution in [3.63, 3.8) is 0 Å². The number of carbonyl (C=O) groups is 2. The van der Waals surface area contributed by atoms with Gasteiger partial charge in [0, 0.05) is 12.2 Å². The molecule has 2 rings (SSSR count). The van der Waals surface area contributed by atoms with Crippen molar-refractivity contribution < 1.29 is 14.7 Å². The summed E-state index contributed by atoms with van der Waals surface area (Å²) in [7, 11) is 0. The van der Waals surface area contributed by atoms with Crippen LogP contribution in [0.3, 0.4) is 0 Å². The Hall–Kier alpha value is -1.91. The first kappa shape index (κ1) is 12.5. The van der Waals surface area contributed by atoms with Gasteiger partial charge in [0.2, 0.25) is 0 Å². The second kappa shape index (κ2) is 5.62. The molecule has 0 bridgehead atoms. The number of amides is 1. The molecule has 1 heterocycles. The first-order chi connectivity index (χ1) is 8.66. The smallest absolute Gasteiger partial charge is 0.306 e. The summed E-state index contributed by atoms with van der Waals surface area (Å²) < 4.78 is 0. The summed E-state index contributed by atoms with van der Waals surface area (Å²) in [5.74, 6) is -1.17. The number of aliphatic carboxylic acids is 1. The predicted molar refractivity (Wildman–Crippen MR) is 65.1 cm³/mol. The van der Waals surface area contributed by atoms with Gasteiger partial charge in [-0.1, -0.05) is 6.07 Å². The molecule has 1 amide bonds. The normalized spacial score (nSPS) is 23.3. The van der Waals surface area contributed by atoms with Crippen LogP contribution >= 0.6 is 0 Å². The molecular weight excluding hydrogens is 232 g/mol. The number of carboxylic acids is 1. The zero-order chi connectivity index (χ0) is 13.0. The number of hydrogen-bond donors (Lipinski definition) is 2. The lowest BCUT2D eigenvalue weighted by Crippen LogP contribution is -2.39. The Balaban J connectivity index is 1.85. The topological polar surface area (TPSA) is 79.3 Å². The third-order valence-electron chi connectivity index (χ3n) is 3.31. The van der Waals surface area contributed by atoms with Gasteiger partial charge in [0.05, 0.1) is 5.92 Å². The maximum Gasteiger partial charge on any atom is 0.306 e. The first-order valence-corrected chi connectivity index (χ1v) is 6.11. The summed E-state index contributed by atoms with van der Waals surface area (Å²) in [5, 5.41) is 11.8. The van der Waals surface area contributed by atoms with Crippen molar-refractivity contribution >= 4 is 11.9 Å². The molecule has 5 heteroatoms. The van der Waals surface area contributed by atoms with Gasteiger partial charge in [-0.3, -0.25) is 14.6 Å². The van der Waals surface area contributed by atoms with E-state index in [4.69, 9.17) is 5.11 Å². The largest absolute Gasteiger partial charge is 0.481 e. The monoisotopic (exact) mass is 248 g/mol. The van der Waals surface area contributed by atoms with Crippen molar-refractivity contribution in [3.05, 3.63) is 30.1 Å². The second-order valence-corrected chi connectivity index (χ2v) is 4.58. The molecule has 0 radical (unpaired) electrons. The van der Waals surface area contributed by atoms with E-state index in [1.807, 2.05) is 0 Å². The third-order valence-corrected chi connectivity index (χ3v) is 3.31. The highest BCUT2D eigenvalue weighted by Crippen LogP contribution is 2.24. The van der Waals surface area contributed by atoms with Crippen LogP contribution in [0.4, 0.5) is 0 Å². The van der Waals surface area contributed by atoms with E-state index < -0.39 is 5.97 Å². The van der Waals surface area contributed by atoms with Crippen LogP contribution in [0.2, 0.25) is 0 Å². The van der Waals surface area contributed by atoms with Gasteiger partial charge in [0.25, 0.3) is 5.91 Å². The summed E-state index contributed by atoms with van der Waals surface area (Å²) in [4.78, 5) is 26.6. The molecule has 5 nitrogen and oxygen atoms in total. The van der Waals surface area contributed by atoms with Gasteiger partial charge in [-0.2, -0.15) is 0 Å². The SMILES string of the molecule is O=C(NC1CCC(C(=O)O)CC1)c1ccccn1. The van der Waals surface area contributed by atoms with E-state index in [0.29, 0.717) is 18.5 Å². The molecule has 0 aromatic carbocycles. The van der Waals surface area contributed by atoms with Gasteiger partial charge >= 0.3 is 5.97 Å². The second-order valence-electron chi connectivity index (χ2n) is 4.58. The van der Waals surface area contributed by atoms with Crippen LogP contribution in [0.5, 0.6) is 0 Å². The summed E-state index contributed by atoms with van der Waals surface area (Å²) in [6.07, 6.45) is 4.27. The van der Waals surface area contributed by atoms with Gasteiger partial charge in [-0.15, -0.1) is 0 Å². The van der Waals surface area contributed by atoms with E-state index in [1.54, 1.807) is 24.4 Å². The summed E-state index contributed by atoms with van der Waals surface area (Å²) in [6.45, 7) is 0. The van der Waals surface area contributed by atoms with E-state index in [1.165, 1.54) is 0 Å². The number of nitrogens with zero attached hydrogens (tertiary/aromatic N) is 1. The minimum Gasteiger partial charge on any atom is -0.481 e. The van der Waals surface area contributed by atoms with Crippen LogP contribution in [0.15, 0.2) is 24.4 Å². The van der Waals surface area contributed by atoms with Gasteiger partial charge in [-0.25, -0.2) is 0 Å². The number of nitrogens with one attached hydrogen (secondary N) is 1. The van der Waals surface area contributed by atoms with E-state index in [9.17, 15) is 9.59 Å². The van der Waals surface area contributed by atoms with Crippen LogP contribution in [-0.4, -0.2) is 28.0 Å². The summed E-state index contributed by atoms with van der Waals surface area (Å²) in [6, 6.07) is 5.26. The Kier molecular flexibility index (Phi) is 3.92. The molecule has 0 aliphatic heterocycles. The lowest BCUT2D eigenvalue weighted by molar-refractivity contribution is -0.142. The fourth-order valence-corrected chi connectivity index (χ4v) is 2.24. The molecule has 0 atom stereocenters. The zero-order valence-electron chi connectivity index (χ0n) is 10.0. The minimum atomic E-state index is -0.732. The lowest BCUT2D eigenvalue weighted by Gasteiger charge is -2.26. The number of carbonyl (C=O) groups excluding carboxylic acids is 1. The van der Waals surface area contributed by atoms with Crippen LogP contribution in [0.1, 0.15) is 36.2 Å². The maximum atomic E-state index is 11.8. The molecule has 0 unspecified atom stereocenters. The van der Waals surface area contributed by atoms with Crippen molar-refractivity contribution in [1.82, 2.24) is 10.3 Å². The summed E-state index contributed by atoms with van der Waals surface area (Å²) in [5.41, 5.74) is 0.401. The highest BCUT2D eigenvalue weighted by molar-refractivity contribution is 5.92. The average Bonchev–Trinajstić information content (AvgIpc) is 2.40. The molecule has 0 spiro atoms. The van der Waals surface area contributed by atoms with Crippen LogP contribution < -0.4 is 5.32 Å². The highest BCUT2D eigenvalue weighted by atomic mass is 16.4. The number of rotatable bonds is 3. The number of carboxylic acid groups (broad SMARTS) is 1. The molecule has 1 fully saturated rings. The Morgan fingerprint density at radius 3 is 2.50 bits per heavy atom. The fourth-order valence-electron chi connectivity index (χ4n) is 2.24. The van der Waals surface area contributed by atoms with Crippen molar-refractivity contribution in [1.29, 1.82) is 0 Å². The minimum absolute atomic E-state index is 0.0649. The van der Waals surface area contributed by atoms with Crippen molar-refractivity contribution in [3.8, 4) is 0 Å².